The summed E-state index contributed by atoms with van der Waals surface area (Å²) in [6.07, 6.45) is 4.12. The number of aromatic nitrogens is 2. The Hall–Kier alpha value is -2.21. The van der Waals surface area contributed by atoms with E-state index in [1.54, 1.807) is 0 Å². The van der Waals surface area contributed by atoms with Gasteiger partial charge in [0.15, 0.2) is 5.82 Å². The van der Waals surface area contributed by atoms with Gasteiger partial charge in [-0.2, -0.15) is 4.98 Å². The van der Waals surface area contributed by atoms with Crippen LogP contribution in [0, 0.1) is 12.8 Å². The second kappa shape index (κ2) is 8.21. The van der Waals surface area contributed by atoms with E-state index < -0.39 is 5.60 Å². The van der Waals surface area contributed by atoms with Crippen LogP contribution in [0.25, 0.3) is 0 Å². The SMILES string of the molecule is Cc1noc(CC2CCN(C(=O)c3cccc(CCC(C)(C)O)c3)CC2)n1. The van der Waals surface area contributed by atoms with Crippen LogP contribution < -0.4 is 0 Å². The van der Waals surface area contributed by atoms with Crippen molar-refractivity contribution in [3.63, 3.8) is 0 Å². The Morgan fingerprint density at radius 2 is 2.07 bits per heavy atom. The second-order valence-electron chi connectivity index (χ2n) is 8.19. The molecule has 3 rings (SSSR count). The van der Waals surface area contributed by atoms with Gasteiger partial charge in [0.05, 0.1) is 5.60 Å². The average Bonchev–Trinajstić information content (AvgIpc) is 3.04. The standard InChI is InChI=1S/C21H29N3O3/c1-15-22-19(27-23-15)14-17-8-11-24(12-9-17)20(25)18-6-4-5-16(13-18)7-10-21(2,3)26/h4-6,13,17,26H,7-12,14H2,1-3H3. The summed E-state index contributed by atoms with van der Waals surface area (Å²) in [7, 11) is 0. The van der Waals surface area contributed by atoms with Crippen molar-refractivity contribution in [3.8, 4) is 0 Å². The minimum atomic E-state index is -0.696. The normalized spacial score (nSPS) is 15.9. The number of nitrogens with zero attached hydrogens (tertiary/aromatic N) is 3. The Morgan fingerprint density at radius 3 is 2.70 bits per heavy atom. The van der Waals surface area contributed by atoms with Gasteiger partial charge < -0.3 is 14.5 Å². The van der Waals surface area contributed by atoms with Crippen LogP contribution in [0.5, 0.6) is 0 Å². The molecule has 0 aliphatic carbocycles. The van der Waals surface area contributed by atoms with Crippen LogP contribution in [-0.4, -0.2) is 44.7 Å². The molecule has 0 radical (unpaired) electrons. The highest BCUT2D eigenvalue weighted by Crippen LogP contribution is 2.23. The molecule has 0 unspecified atom stereocenters. The van der Waals surface area contributed by atoms with E-state index in [-0.39, 0.29) is 5.91 Å². The predicted octanol–water partition coefficient (Wildman–Crippen LogP) is 3.18. The van der Waals surface area contributed by atoms with Crippen molar-refractivity contribution in [1.29, 1.82) is 0 Å². The molecule has 1 aliphatic heterocycles. The molecule has 0 atom stereocenters. The molecule has 27 heavy (non-hydrogen) atoms. The van der Waals surface area contributed by atoms with E-state index in [1.165, 1.54) is 0 Å². The number of likely N-dealkylation sites (tertiary alicyclic amines) is 1. The van der Waals surface area contributed by atoms with Gasteiger partial charge in [0.25, 0.3) is 5.91 Å². The fourth-order valence-electron chi connectivity index (χ4n) is 3.50. The fraction of sp³-hybridized carbons (Fsp3) is 0.571. The highest BCUT2D eigenvalue weighted by molar-refractivity contribution is 5.94. The zero-order chi connectivity index (χ0) is 19.4. The summed E-state index contributed by atoms with van der Waals surface area (Å²) in [6, 6.07) is 7.78. The van der Waals surface area contributed by atoms with Gasteiger partial charge in [-0.3, -0.25) is 4.79 Å². The average molecular weight is 371 g/mol. The van der Waals surface area contributed by atoms with E-state index >= 15 is 0 Å². The number of rotatable bonds is 6. The maximum Gasteiger partial charge on any atom is 0.253 e. The summed E-state index contributed by atoms with van der Waals surface area (Å²) in [5.74, 6) is 1.93. The van der Waals surface area contributed by atoms with E-state index in [0.717, 1.165) is 49.9 Å². The molecule has 146 valence electrons. The van der Waals surface area contributed by atoms with Crippen molar-refractivity contribution in [2.45, 2.75) is 58.5 Å². The number of aryl methyl sites for hydroxylation is 2. The van der Waals surface area contributed by atoms with E-state index in [9.17, 15) is 9.90 Å². The number of carbonyl (C=O) groups excluding carboxylic acids is 1. The Kier molecular flexibility index (Phi) is 5.95. The number of aliphatic hydroxyl groups is 1. The number of amides is 1. The molecule has 0 bridgehead atoms. The fourth-order valence-corrected chi connectivity index (χ4v) is 3.50. The molecule has 0 saturated carbocycles. The first-order valence-corrected chi connectivity index (χ1v) is 9.70. The van der Waals surface area contributed by atoms with E-state index in [4.69, 9.17) is 4.52 Å². The lowest BCUT2D eigenvalue weighted by Gasteiger charge is -2.31. The first-order chi connectivity index (χ1) is 12.8. The smallest absolute Gasteiger partial charge is 0.253 e. The van der Waals surface area contributed by atoms with Crippen molar-refractivity contribution in [1.82, 2.24) is 15.0 Å². The van der Waals surface area contributed by atoms with Gasteiger partial charge in [0.2, 0.25) is 5.89 Å². The second-order valence-corrected chi connectivity index (χ2v) is 8.19. The summed E-state index contributed by atoms with van der Waals surface area (Å²) < 4.78 is 5.21. The van der Waals surface area contributed by atoms with Crippen LogP contribution in [-0.2, 0) is 12.8 Å². The third-order valence-electron chi connectivity index (χ3n) is 5.13. The lowest BCUT2D eigenvalue weighted by Crippen LogP contribution is -2.39. The molecule has 1 saturated heterocycles. The minimum Gasteiger partial charge on any atom is -0.390 e. The molecule has 1 fully saturated rings. The summed E-state index contributed by atoms with van der Waals surface area (Å²) in [4.78, 5) is 19.1. The van der Waals surface area contributed by atoms with Crippen molar-refractivity contribution in [2.75, 3.05) is 13.1 Å². The summed E-state index contributed by atoms with van der Waals surface area (Å²) in [5, 5.41) is 13.7. The molecule has 0 spiro atoms. The van der Waals surface area contributed by atoms with Gasteiger partial charge in [-0.05, 0) is 70.1 Å². The van der Waals surface area contributed by atoms with Crippen LogP contribution in [0.3, 0.4) is 0 Å². The number of benzene rings is 1. The Labute approximate surface area is 160 Å². The molecule has 1 aliphatic rings. The van der Waals surface area contributed by atoms with Crippen LogP contribution in [0.1, 0.15) is 60.7 Å². The van der Waals surface area contributed by atoms with E-state index in [2.05, 4.69) is 10.1 Å². The first-order valence-electron chi connectivity index (χ1n) is 9.70. The number of hydrogen-bond acceptors (Lipinski definition) is 5. The maximum absolute atomic E-state index is 12.9. The van der Waals surface area contributed by atoms with Gasteiger partial charge in [-0.25, -0.2) is 0 Å². The molecule has 1 amide bonds. The third kappa shape index (κ3) is 5.63. The highest BCUT2D eigenvalue weighted by atomic mass is 16.5. The largest absolute Gasteiger partial charge is 0.390 e. The van der Waals surface area contributed by atoms with Crippen LogP contribution in [0.4, 0.5) is 0 Å². The topological polar surface area (TPSA) is 79.5 Å². The maximum atomic E-state index is 12.9. The molecule has 1 aromatic carbocycles. The number of hydrogen-bond donors (Lipinski definition) is 1. The van der Waals surface area contributed by atoms with Crippen molar-refractivity contribution >= 4 is 5.91 Å². The minimum absolute atomic E-state index is 0.0900. The van der Waals surface area contributed by atoms with Crippen LogP contribution >= 0.6 is 0 Å². The van der Waals surface area contributed by atoms with Gasteiger partial charge in [-0.1, -0.05) is 17.3 Å². The van der Waals surface area contributed by atoms with Crippen LogP contribution in [0.15, 0.2) is 28.8 Å². The Bertz CT molecular complexity index is 771. The molecule has 6 nitrogen and oxygen atoms in total. The summed E-state index contributed by atoms with van der Waals surface area (Å²) >= 11 is 0. The zero-order valence-corrected chi connectivity index (χ0v) is 16.4. The van der Waals surface area contributed by atoms with Gasteiger partial charge in [-0.15, -0.1) is 0 Å². The van der Waals surface area contributed by atoms with E-state index in [1.807, 2.05) is 49.9 Å². The zero-order valence-electron chi connectivity index (χ0n) is 16.4. The van der Waals surface area contributed by atoms with Gasteiger partial charge in [0, 0.05) is 25.1 Å². The first kappa shape index (κ1) is 19.5. The molecule has 2 heterocycles. The molecule has 6 heteroatoms. The number of piperidine rings is 1. The summed E-state index contributed by atoms with van der Waals surface area (Å²) in [6.45, 7) is 6.95. The monoisotopic (exact) mass is 371 g/mol. The number of carbonyl (C=O) groups is 1. The van der Waals surface area contributed by atoms with Gasteiger partial charge >= 0.3 is 0 Å². The lowest BCUT2D eigenvalue weighted by molar-refractivity contribution is 0.0687. The van der Waals surface area contributed by atoms with Crippen molar-refractivity contribution in [3.05, 3.63) is 47.1 Å². The van der Waals surface area contributed by atoms with Crippen LogP contribution in [0.2, 0.25) is 0 Å². The quantitative estimate of drug-likeness (QED) is 0.844. The molecule has 2 aromatic rings. The Morgan fingerprint density at radius 1 is 1.33 bits per heavy atom. The summed E-state index contributed by atoms with van der Waals surface area (Å²) in [5.41, 5.74) is 1.12. The molecule has 1 N–H and O–H groups in total. The van der Waals surface area contributed by atoms with Crippen molar-refractivity contribution in [2.24, 2.45) is 5.92 Å². The third-order valence-corrected chi connectivity index (χ3v) is 5.13. The molecular formula is C21H29N3O3. The molecular weight excluding hydrogens is 342 g/mol. The molecule has 1 aromatic heterocycles. The van der Waals surface area contributed by atoms with Gasteiger partial charge in [0.1, 0.15) is 0 Å². The Balaban J connectivity index is 1.54. The predicted molar refractivity (Wildman–Crippen MR) is 102 cm³/mol. The lowest BCUT2D eigenvalue weighted by atomic mass is 9.93. The van der Waals surface area contributed by atoms with E-state index in [0.29, 0.717) is 24.1 Å². The van der Waals surface area contributed by atoms with Crippen molar-refractivity contribution < 1.29 is 14.4 Å². The highest BCUT2D eigenvalue weighted by Gasteiger charge is 2.25.